The highest BCUT2D eigenvalue weighted by atomic mass is 35.5. The molecule has 0 fully saturated rings. The van der Waals surface area contributed by atoms with E-state index in [9.17, 15) is 28.1 Å². The summed E-state index contributed by atoms with van der Waals surface area (Å²) in [4.78, 5) is 21.6. The third-order valence-electron chi connectivity index (χ3n) is 3.34. The highest BCUT2D eigenvalue weighted by Gasteiger charge is 2.32. The van der Waals surface area contributed by atoms with Crippen LogP contribution in [0.25, 0.3) is 6.08 Å². The number of ether oxygens (including phenoxy) is 2. The second-order valence-electron chi connectivity index (χ2n) is 5.20. The molecule has 2 aromatic carbocycles. The van der Waals surface area contributed by atoms with Crippen molar-refractivity contribution in [2.75, 3.05) is 7.11 Å². The van der Waals surface area contributed by atoms with Gasteiger partial charge in [-0.05, 0) is 30.3 Å². The van der Waals surface area contributed by atoms with Crippen LogP contribution in [0, 0.1) is 10.1 Å². The van der Waals surface area contributed by atoms with Gasteiger partial charge in [0.05, 0.1) is 33.2 Å². The first-order valence-electron chi connectivity index (χ1n) is 7.31. The predicted molar refractivity (Wildman–Crippen MR) is 95.7 cm³/mol. The van der Waals surface area contributed by atoms with Crippen LogP contribution in [0.1, 0.15) is 11.1 Å². The average molecular weight is 436 g/mol. The van der Waals surface area contributed by atoms with Gasteiger partial charge in [0.25, 0.3) is 5.69 Å². The van der Waals surface area contributed by atoms with Crippen LogP contribution in [0.15, 0.2) is 36.4 Å². The molecule has 0 radical (unpaired) electrons. The van der Waals surface area contributed by atoms with E-state index in [1.165, 1.54) is 12.1 Å². The summed E-state index contributed by atoms with van der Waals surface area (Å²) in [5, 5.41) is 10.3. The summed E-state index contributed by atoms with van der Waals surface area (Å²) >= 11 is 11.7. The monoisotopic (exact) mass is 435 g/mol. The molecule has 2 rings (SSSR count). The maximum atomic E-state index is 12.8. The summed E-state index contributed by atoms with van der Waals surface area (Å²) in [5.74, 6) is -0.999. The van der Waals surface area contributed by atoms with E-state index in [-0.39, 0.29) is 22.7 Å². The molecule has 0 saturated heterocycles. The normalized spacial score (nSPS) is 11.5. The van der Waals surface area contributed by atoms with Crippen molar-refractivity contribution in [3.63, 3.8) is 0 Å². The molecule has 0 aromatic heterocycles. The number of nitro benzene ring substituents is 1. The van der Waals surface area contributed by atoms with Gasteiger partial charge in [0.1, 0.15) is 5.75 Å². The number of hydrogen-bond donors (Lipinski definition) is 0. The van der Waals surface area contributed by atoms with Gasteiger partial charge >= 0.3 is 12.1 Å². The number of methoxy groups -OCH3 is 1. The fourth-order valence-electron chi connectivity index (χ4n) is 2.06. The first-order valence-corrected chi connectivity index (χ1v) is 8.07. The lowest BCUT2D eigenvalue weighted by Crippen LogP contribution is -2.05. The Labute approximate surface area is 166 Å². The van der Waals surface area contributed by atoms with E-state index < -0.39 is 32.7 Å². The zero-order valence-electron chi connectivity index (χ0n) is 13.9. The molecule has 28 heavy (non-hydrogen) atoms. The smallest absolute Gasteiger partial charge is 0.416 e. The summed E-state index contributed by atoms with van der Waals surface area (Å²) in [6.45, 7) is 0. The number of rotatable bonds is 5. The number of nitro groups is 1. The lowest BCUT2D eigenvalue weighted by Gasteiger charge is -2.13. The van der Waals surface area contributed by atoms with Gasteiger partial charge in [-0.3, -0.25) is 10.1 Å². The van der Waals surface area contributed by atoms with Crippen LogP contribution >= 0.6 is 23.2 Å². The summed E-state index contributed by atoms with van der Waals surface area (Å²) in [5.41, 5.74) is -1.40. The summed E-state index contributed by atoms with van der Waals surface area (Å²) in [6.07, 6.45) is -2.55. The molecule has 11 heteroatoms. The van der Waals surface area contributed by atoms with Gasteiger partial charge in [-0.15, -0.1) is 0 Å². The largest absolute Gasteiger partial charge is 0.466 e. The molecule has 0 N–H and O–H groups in total. The number of halogens is 5. The third kappa shape index (κ3) is 5.14. The minimum absolute atomic E-state index is 0.00123. The van der Waals surface area contributed by atoms with Crippen molar-refractivity contribution in [1.82, 2.24) is 0 Å². The highest BCUT2D eigenvalue weighted by molar-refractivity contribution is 6.37. The first-order chi connectivity index (χ1) is 13.0. The molecule has 0 aliphatic carbocycles. The van der Waals surface area contributed by atoms with Gasteiger partial charge in [-0.1, -0.05) is 23.2 Å². The van der Waals surface area contributed by atoms with Gasteiger partial charge in [-0.2, -0.15) is 13.2 Å². The lowest BCUT2D eigenvalue weighted by atomic mass is 10.1. The lowest BCUT2D eigenvalue weighted by molar-refractivity contribution is -0.385. The Morgan fingerprint density at radius 1 is 1.18 bits per heavy atom. The van der Waals surface area contributed by atoms with Crippen molar-refractivity contribution >= 4 is 40.9 Å². The molecule has 148 valence electrons. The summed E-state index contributed by atoms with van der Waals surface area (Å²) < 4.78 is 48.2. The number of carbonyl (C=O) groups is 1. The number of alkyl halides is 3. The topological polar surface area (TPSA) is 78.7 Å². The minimum Gasteiger partial charge on any atom is -0.466 e. The average Bonchev–Trinajstić information content (AvgIpc) is 2.61. The van der Waals surface area contributed by atoms with Crippen LogP contribution in [-0.2, 0) is 15.7 Å². The summed E-state index contributed by atoms with van der Waals surface area (Å²) in [6, 6.07) is 4.79. The van der Waals surface area contributed by atoms with E-state index in [2.05, 4.69) is 4.74 Å². The second kappa shape index (κ2) is 8.49. The standard InChI is InChI=1S/C17H10Cl2F3NO5/c1-27-15(24)5-2-9-6-11(3-4-14(9)23(25)26)28-16-12(18)7-10(8-13(16)19)17(20,21)22/h2-8H,1H3. The van der Waals surface area contributed by atoms with E-state index in [0.717, 1.165) is 25.3 Å². The van der Waals surface area contributed by atoms with Crippen LogP contribution in [0.5, 0.6) is 11.5 Å². The Balaban J connectivity index is 2.43. The molecule has 0 aliphatic heterocycles. The Hall–Kier alpha value is -2.78. The molecule has 0 bridgehead atoms. The van der Waals surface area contributed by atoms with Crippen LogP contribution in [0.3, 0.4) is 0 Å². The van der Waals surface area contributed by atoms with E-state index >= 15 is 0 Å². The molecular formula is C17H10Cl2F3NO5. The zero-order chi connectivity index (χ0) is 21.1. The van der Waals surface area contributed by atoms with Crippen molar-refractivity contribution in [2.45, 2.75) is 6.18 Å². The Morgan fingerprint density at radius 3 is 2.29 bits per heavy atom. The second-order valence-corrected chi connectivity index (χ2v) is 6.02. The van der Waals surface area contributed by atoms with E-state index in [4.69, 9.17) is 27.9 Å². The molecule has 0 saturated carbocycles. The highest BCUT2D eigenvalue weighted by Crippen LogP contribution is 2.42. The molecule has 6 nitrogen and oxygen atoms in total. The Bertz CT molecular complexity index is 937. The maximum Gasteiger partial charge on any atom is 0.416 e. The fraction of sp³-hybridized carbons (Fsp3) is 0.118. The van der Waals surface area contributed by atoms with Gasteiger partial charge in [0.2, 0.25) is 0 Å². The Kier molecular flexibility index (Phi) is 6.52. The minimum atomic E-state index is -4.65. The molecule has 0 spiro atoms. The predicted octanol–water partition coefficient (Wildman–Crippen LogP) is 5.90. The van der Waals surface area contributed by atoms with Gasteiger partial charge in [0.15, 0.2) is 5.75 Å². The van der Waals surface area contributed by atoms with Crippen molar-refractivity contribution in [3.8, 4) is 11.5 Å². The first kappa shape index (κ1) is 21.5. The number of esters is 1. The zero-order valence-corrected chi connectivity index (χ0v) is 15.4. The molecule has 0 heterocycles. The number of carbonyl (C=O) groups excluding carboxylic acids is 1. The van der Waals surface area contributed by atoms with E-state index in [1.807, 2.05) is 0 Å². The molecule has 0 atom stereocenters. The van der Waals surface area contributed by atoms with Crippen LogP contribution in [-0.4, -0.2) is 18.0 Å². The van der Waals surface area contributed by atoms with E-state index in [0.29, 0.717) is 12.1 Å². The van der Waals surface area contributed by atoms with Crippen molar-refractivity contribution in [2.24, 2.45) is 0 Å². The molecular weight excluding hydrogens is 426 g/mol. The van der Waals surface area contributed by atoms with Crippen LogP contribution in [0.4, 0.5) is 18.9 Å². The number of hydrogen-bond acceptors (Lipinski definition) is 5. The molecule has 0 unspecified atom stereocenters. The number of nitrogens with zero attached hydrogens (tertiary/aromatic N) is 1. The van der Waals surface area contributed by atoms with Gasteiger partial charge in [-0.25, -0.2) is 4.79 Å². The summed E-state index contributed by atoms with van der Waals surface area (Å²) in [7, 11) is 1.13. The molecule has 2 aromatic rings. The number of benzene rings is 2. The third-order valence-corrected chi connectivity index (χ3v) is 3.90. The molecule has 0 amide bonds. The van der Waals surface area contributed by atoms with Crippen LogP contribution in [0.2, 0.25) is 10.0 Å². The fourth-order valence-corrected chi connectivity index (χ4v) is 2.62. The van der Waals surface area contributed by atoms with Gasteiger partial charge in [0, 0.05) is 12.1 Å². The molecule has 0 aliphatic rings. The SMILES string of the molecule is COC(=O)C=Cc1cc(Oc2c(Cl)cc(C(F)(F)F)cc2Cl)ccc1[N+](=O)[O-]. The van der Waals surface area contributed by atoms with Crippen molar-refractivity contribution < 1.29 is 32.4 Å². The maximum absolute atomic E-state index is 12.8. The Morgan fingerprint density at radius 2 is 1.79 bits per heavy atom. The van der Waals surface area contributed by atoms with Gasteiger partial charge < -0.3 is 9.47 Å². The van der Waals surface area contributed by atoms with Crippen molar-refractivity contribution in [3.05, 3.63) is 67.7 Å². The van der Waals surface area contributed by atoms with Crippen molar-refractivity contribution in [1.29, 1.82) is 0 Å². The quantitative estimate of drug-likeness (QED) is 0.253. The van der Waals surface area contributed by atoms with Crippen LogP contribution < -0.4 is 4.74 Å². The van der Waals surface area contributed by atoms with E-state index in [1.54, 1.807) is 0 Å².